The molecule has 0 unspecified atom stereocenters. The van der Waals surface area contributed by atoms with E-state index in [9.17, 15) is 9.90 Å². The molecule has 1 rings (SSSR count). The van der Waals surface area contributed by atoms with Crippen LogP contribution in [0.5, 0.6) is 5.75 Å². The minimum atomic E-state index is -0.0103. The van der Waals surface area contributed by atoms with Gasteiger partial charge in [-0.25, -0.2) is 0 Å². The van der Waals surface area contributed by atoms with E-state index in [1.54, 1.807) is 6.07 Å². The minimum Gasteiger partial charge on any atom is -0.507 e. The predicted octanol–water partition coefficient (Wildman–Crippen LogP) is 2.81. The van der Waals surface area contributed by atoms with Crippen molar-refractivity contribution in [1.82, 2.24) is 0 Å². The third kappa shape index (κ3) is 1.95. The number of aromatic hydroxyl groups is 1. The summed E-state index contributed by atoms with van der Waals surface area (Å²) in [6, 6.07) is 3.61. The van der Waals surface area contributed by atoms with E-state index in [0.717, 1.165) is 11.1 Å². The number of benzene rings is 1. The first-order valence-electron chi connectivity index (χ1n) is 4.65. The zero-order valence-corrected chi connectivity index (χ0v) is 9.09. The van der Waals surface area contributed by atoms with Gasteiger partial charge in [0, 0.05) is 0 Å². The summed E-state index contributed by atoms with van der Waals surface area (Å²) in [7, 11) is 0. The largest absolute Gasteiger partial charge is 0.507 e. The van der Waals surface area contributed by atoms with E-state index < -0.39 is 0 Å². The van der Waals surface area contributed by atoms with Crippen molar-refractivity contribution >= 4 is 6.29 Å². The van der Waals surface area contributed by atoms with Gasteiger partial charge in [-0.15, -0.1) is 0 Å². The van der Waals surface area contributed by atoms with E-state index >= 15 is 0 Å². The molecule has 0 radical (unpaired) electrons. The Bertz CT molecular complexity index is 336. The van der Waals surface area contributed by atoms with Crippen molar-refractivity contribution in [1.29, 1.82) is 0 Å². The van der Waals surface area contributed by atoms with Crippen LogP contribution in [0.4, 0.5) is 0 Å². The van der Waals surface area contributed by atoms with Gasteiger partial charge in [-0.3, -0.25) is 4.79 Å². The molecule has 2 heteroatoms. The lowest BCUT2D eigenvalue weighted by Crippen LogP contribution is -2.11. The Morgan fingerprint density at radius 3 is 2.21 bits per heavy atom. The monoisotopic (exact) mass is 192 g/mol. The second-order valence-electron chi connectivity index (χ2n) is 4.59. The molecular formula is C12H16O2. The molecule has 0 aromatic heterocycles. The van der Waals surface area contributed by atoms with Crippen LogP contribution < -0.4 is 0 Å². The molecule has 0 bridgehead atoms. The number of carbonyl (C=O) groups excluding carboxylic acids is 1. The van der Waals surface area contributed by atoms with Gasteiger partial charge in [0.05, 0.1) is 5.56 Å². The molecule has 0 heterocycles. The Hall–Kier alpha value is -1.31. The number of aldehydes is 1. The molecule has 1 aromatic carbocycles. The maximum absolute atomic E-state index is 10.6. The van der Waals surface area contributed by atoms with Crippen molar-refractivity contribution in [3.8, 4) is 5.75 Å². The molecule has 14 heavy (non-hydrogen) atoms. The summed E-state index contributed by atoms with van der Waals surface area (Å²) in [6.07, 6.45) is 0.692. The van der Waals surface area contributed by atoms with Crippen LogP contribution in [0.2, 0.25) is 0 Å². The number of rotatable bonds is 1. The minimum absolute atomic E-state index is 0.0103. The molecule has 0 aliphatic rings. The summed E-state index contributed by atoms with van der Waals surface area (Å²) in [4.78, 5) is 10.6. The maximum Gasteiger partial charge on any atom is 0.154 e. The summed E-state index contributed by atoms with van der Waals surface area (Å²) < 4.78 is 0. The van der Waals surface area contributed by atoms with Crippen molar-refractivity contribution in [2.45, 2.75) is 33.1 Å². The maximum atomic E-state index is 10.6. The highest BCUT2D eigenvalue weighted by atomic mass is 16.3. The fourth-order valence-corrected chi connectivity index (χ4v) is 1.37. The van der Waals surface area contributed by atoms with Crippen LogP contribution in [0.15, 0.2) is 12.1 Å². The normalized spacial score (nSPS) is 11.4. The lowest BCUT2D eigenvalue weighted by atomic mass is 9.85. The van der Waals surface area contributed by atoms with Gasteiger partial charge in [0.15, 0.2) is 6.29 Å². The zero-order valence-electron chi connectivity index (χ0n) is 9.09. The molecule has 1 aromatic rings. The van der Waals surface area contributed by atoms with Crippen LogP contribution in [-0.4, -0.2) is 11.4 Å². The fraction of sp³-hybridized carbons (Fsp3) is 0.417. The Balaban J connectivity index is 3.35. The first-order chi connectivity index (χ1) is 6.36. The van der Waals surface area contributed by atoms with Gasteiger partial charge in [-0.05, 0) is 29.5 Å². The third-order valence-corrected chi connectivity index (χ3v) is 2.35. The molecule has 0 saturated heterocycles. The second-order valence-corrected chi connectivity index (χ2v) is 4.59. The summed E-state index contributed by atoms with van der Waals surface area (Å²) in [5, 5.41) is 9.60. The van der Waals surface area contributed by atoms with Gasteiger partial charge in [0.1, 0.15) is 5.75 Å². The fourth-order valence-electron chi connectivity index (χ4n) is 1.37. The summed E-state index contributed by atoms with van der Waals surface area (Å²) in [5.74, 6) is 0.0740. The highest BCUT2D eigenvalue weighted by Crippen LogP contribution is 2.29. The third-order valence-electron chi connectivity index (χ3n) is 2.35. The molecule has 0 aliphatic heterocycles. The lowest BCUT2D eigenvalue weighted by Gasteiger charge is -2.20. The number of hydrogen-bond acceptors (Lipinski definition) is 2. The summed E-state index contributed by atoms with van der Waals surface area (Å²) >= 11 is 0. The Labute approximate surface area is 84.6 Å². The predicted molar refractivity (Wildman–Crippen MR) is 56.9 cm³/mol. The molecule has 0 spiro atoms. The van der Waals surface area contributed by atoms with Crippen LogP contribution in [-0.2, 0) is 5.41 Å². The smallest absolute Gasteiger partial charge is 0.154 e. The lowest BCUT2D eigenvalue weighted by molar-refractivity contribution is 0.112. The van der Waals surface area contributed by atoms with Gasteiger partial charge in [0.2, 0.25) is 0 Å². The quantitative estimate of drug-likeness (QED) is 0.695. The van der Waals surface area contributed by atoms with E-state index in [4.69, 9.17) is 0 Å². The Morgan fingerprint density at radius 1 is 1.29 bits per heavy atom. The molecule has 0 saturated carbocycles. The Kier molecular flexibility index (Phi) is 2.65. The van der Waals surface area contributed by atoms with Gasteiger partial charge in [0.25, 0.3) is 0 Å². The van der Waals surface area contributed by atoms with E-state index in [0.29, 0.717) is 11.8 Å². The second kappa shape index (κ2) is 3.45. The van der Waals surface area contributed by atoms with Crippen LogP contribution >= 0.6 is 0 Å². The van der Waals surface area contributed by atoms with Crippen molar-refractivity contribution in [3.63, 3.8) is 0 Å². The number of phenolic OH excluding ortho intramolecular Hbond substituents is 1. The molecule has 1 N–H and O–H groups in total. The molecule has 0 aliphatic carbocycles. The zero-order chi connectivity index (χ0) is 10.9. The number of hydrogen-bond donors (Lipinski definition) is 1. The average molecular weight is 192 g/mol. The SMILES string of the molecule is Cc1cc(C(C)(C)C)cc(O)c1C=O. The molecule has 0 fully saturated rings. The summed E-state index contributed by atoms with van der Waals surface area (Å²) in [5.41, 5.74) is 2.24. The van der Waals surface area contributed by atoms with Crippen molar-refractivity contribution < 1.29 is 9.90 Å². The average Bonchev–Trinajstić information content (AvgIpc) is 2.01. The van der Waals surface area contributed by atoms with Crippen molar-refractivity contribution in [2.75, 3.05) is 0 Å². The van der Waals surface area contributed by atoms with E-state index in [2.05, 4.69) is 20.8 Å². The number of aryl methyl sites for hydroxylation is 1. The number of carbonyl (C=O) groups is 1. The molecule has 0 atom stereocenters. The van der Waals surface area contributed by atoms with Crippen LogP contribution in [0.25, 0.3) is 0 Å². The highest BCUT2D eigenvalue weighted by Gasteiger charge is 2.16. The van der Waals surface area contributed by atoms with E-state index in [1.165, 1.54) is 0 Å². The van der Waals surface area contributed by atoms with Crippen molar-refractivity contribution in [3.05, 3.63) is 28.8 Å². The van der Waals surface area contributed by atoms with Crippen molar-refractivity contribution in [2.24, 2.45) is 0 Å². The van der Waals surface area contributed by atoms with Gasteiger partial charge in [-0.1, -0.05) is 26.8 Å². The number of phenols is 1. The van der Waals surface area contributed by atoms with Crippen LogP contribution in [0.3, 0.4) is 0 Å². The molecule has 2 nitrogen and oxygen atoms in total. The van der Waals surface area contributed by atoms with Crippen LogP contribution in [0, 0.1) is 6.92 Å². The Morgan fingerprint density at radius 2 is 1.86 bits per heavy atom. The first-order valence-corrected chi connectivity index (χ1v) is 4.65. The molecule has 76 valence electrons. The van der Waals surface area contributed by atoms with Crippen LogP contribution in [0.1, 0.15) is 42.3 Å². The van der Waals surface area contributed by atoms with E-state index in [1.807, 2.05) is 13.0 Å². The topological polar surface area (TPSA) is 37.3 Å². The highest BCUT2D eigenvalue weighted by molar-refractivity contribution is 5.81. The first kappa shape index (κ1) is 10.8. The van der Waals surface area contributed by atoms with Gasteiger partial charge in [-0.2, -0.15) is 0 Å². The summed E-state index contributed by atoms with van der Waals surface area (Å²) in [6.45, 7) is 8.05. The molecular weight excluding hydrogens is 176 g/mol. The molecule has 0 amide bonds. The standard InChI is InChI=1S/C12H16O2/c1-8-5-9(12(2,3)4)6-11(14)10(8)7-13/h5-7,14H,1-4H3. The van der Waals surface area contributed by atoms with E-state index in [-0.39, 0.29) is 11.2 Å². The van der Waals surface area contributed by atoms with Gasteiger partial charge >= 0.3 is 0 Å². The van der Waals surface area contributed by atoms with Gasteiger partial charge < -0.3 is 5.11 Å².